The molecule has 2 aliphatic rings. The van der Waals surface area contributed by atoms with E-state index in [1.54, 1.807) is 5.56 Å². The van der Waals surface area contributed by atoms with Crippen LogP contribution in [0.4, 0.5) is 0 Å². The van der Waals surface area contributed by atoms with E-state index in [-0.39, 0.29) is 0 Å². The Kier molecular flexibility index (Phi) is 9.16. The molecule has 2 aliphatic carbocycles. The van der Waals surface area contributed by atoms with Gasteiger partial charge in [-0.05, 0) is 99.0 Å². The minimum Gasteiger partial charge on any atom is -0.0879 e. The summed E-state index contributed by atoms with van der Waals surface area (Å²) >= 11 is 0. The normalized spacial score (nSPS) is 28.6. The minimum absolute atomic E-state index is 0.824. The third kappa shape index (κ3) is 6.78. The molecule has 0 radical (unpaired) electrons. The summed E-state index contributed by atoms with van der Waals surface area (Å²) in [7, 11) is 0. The monoisotopic (exact) mass is 380 g/mol. The van der Waals surface area contributed by atoms with Gasteiger partial charge in [-0.25, -0.2) is 0 Å². The maximum Gasteiger partial charge on any atom is -0.0162 e. The molecule has 0 heterocycles. The van der Waals surface area contributed by atoms with Crippen LogP contribution in [0.15, 0.2) is 36.4 Å². The van der Waals surface area contributed by atoms with Crippen molar-refractivity contribution in [2.45, 2.75) is 110 Å². The number of aryl methyl sites for hydroxylation is 1. The van der Waals surface area contributed by atoms with Crippen LogP contribution in [-0.2, 0) is 6.42 Å². The van der Waals surface area contributed by atoms with Crippen LogP contribution in [0, 0.1) is 17.8 Å². The first-order valence-corrected chi connectivity index (χ1v) is 12.5. The average Bonchev–Trinajstić information content (AvgIpc) is 2.74. The Hall–Kier alpha value is -1.04. The average molecular weight is 381 g/mol. The lowest BCUT2D eigenvalue weighted by atomic mass is 9.77. The molecule has 0 amide bonds. The maximum absolute atomic E-state index is 2.53. The van der Waals surface area contributed by atoms with Crippen LogP contribution in [0.2, 0.25) is 0 Å². The van der Waals surface area contributed by atoms with E-state index in [1.165, 1.54) is 95.5 Å². The van der Waals surface area contributed by atoms with E-state index >= 15 is 0 Å². The number of hydrogen-bond acceptors (Lipinski definition) is 0. The second kappa shape index (κ2) is 11.8. The van der Waals surface area contributed by atoms with Gasteiger partial charge in [-0.15, -0.1) is 0 Å². The van der Waals surface area contributed by atoms with Gasteiger partial charge in [-0.3, -0.25) is 0 Å². The highest BCUT2D eigenvalue weighted by Crippen LogP contribution is 2.37. The highest BCUT2D eigenvalue weighted by molar-refractivity contribution is 5.26. The van der Waals surface area contributed by atoms with E-state index in [1.807, 2.05) is 0 Å². The van der Waals surface area contributed by atoms with Crippen molar-refractivity contribution in [1.82, 2.24) is 0 Å². The van der Waals surface area contributed by atoms with Gasteiger partial charge >= 0.3 is 0 Å². The van der Waals surface area contributed by atoms with Gasteiger partial charge in [0.15, 0.2) is 0 Å². The van der Waals surface area contributed by atoms with Crippen molar-refractivity contribution < 1.29 is 0 Å². The number of rotatable bonds is 9. The van der Waals surface area contributed by atoms with E-state index in [0.29, 0.717) is 0 Å². The molecule has 0 atom stereocenters. The predicted octanol–water partition coefficient (Wildman–Crippen LogP) is 8.86. The Morgan fingerprint density at radius 2 is 1.32 bits per heavy atom. The molecular weight excluding hydrogens is 336 g/mol. The van der Waals surface area contributed by atoms with E-state index in [9.17, 15) is 0 Å². The summed E-state index contributed by atoms with van der Waals surface area (Å²) in [6, 6.07) is 9.66. The van der Waals surface area contributed by atoms with Crippen molar-refractivity contribution in [3.05, 3.63) is 47.5 Å². The van der Waals surface area contributed by atoms with Gasteiger partial charge in [0.05, 0.1) is 0 Å². The molecule has 1 aromatic carbocycles. The van der Waals surface area contributed by atoms with Gasteiger partial charge in [0.1, 0.15) is 0 Å². The summed E-state index contributed by atoms with van der Waals surface area (Å²) in [5, 5.41) is 0. The molecule has 3 rings (SSSR count). The zero-order chi connectivity index (χ0) is 19.6. The third-order valence-electron chi connectivity index (χ3n) is 7.59. The highest BCUT2D eigenvalue weighted by Gasteiger charge is 2.21. The Morgan fingerprint density at radius 1 is 0.750 bits per heavy atom. The lowest BCUT2D eigenvalue weighted by Crippen LogP contribution is -2.13. The summed E-state index contributed by atoms with van der Waals surface area (Å²) in [4.78, 5) is 0. The molecule has 0 nitrogen and oxygen atoms in total. The van der Waals surface area contributed by atoms with Gasteiger partial charge < -0.3 is 0 Å². The molecule has 1 aromatic rings. The molecule has 156 valence electrons. The number of benzene rings is 1. The van der Waals surface area contributed by atoms with E-state index < -0.39 is 0 Å². The maximum atomic E-state index is 2.53. The Morgan fingerprint density at radius 3 is 1.89 bits per heavy atom. The molecule has 0 bridgehead atoms. The third-order valence-corrected chi connectivity index (χ3v) is 7.59. The number of hydrogen-bond donors (Lipinski definition) is 0. The van der Waals surface area contributed by atoms with Gasteiger partial charge in [0.2, 0.25) is 0 Å². The van der Waals surface area contributed by atoms with Crippen molar-refractivity contribution in [3.8, 4) is 0 Å². The van der Waals surface area contributed by atoms with Crippen LogP contribution >= 0.6 is 0 Å². The van der Waals surface area contributed by atoms with Crippen LogP contribution in [0.25, 0.3) is 0 Å². The van der Waals surface area contributed by atoms with Gasteiger partial charge in [-0.2, -0.15) is 0 Å². The second-order valence-electron chi connectivity index (χ2n) is 9.78. The standard InChI is InChI=1S/C28H44/c1-3-7-23-11-13-25(14-12-23)9-5-6-10-26-17-21-28(22-18-26)27-19-15-24(8-4-2)16-20-27/h5,9,17-18,21-25,27H,3-4,6-8,10-16,19-20H2,1-2H3/b9-5+/t23-,24-,25-,27-. The first-order valence-electron chi connectivity index (χ1n) is 12.5. The lowest BCUT2D eigenvalue weighted by Gasteiger charge is -2.28. The molecule has 0 heteroatoms. The van der Waals surface area contributed by atoms with Gasteiger partial charge in [0, 0.05) is 0 Å². The molecule has 0 N–H and O–H groups in total. The Balaban J connectivity index is 1.36. The minimum atomic E-state index is 0.824. The zero-order valence-corrected chi connectivity index (χ0v) is 18.7. The summed E-state index contributed by atoms with van der Waals surface area (Å²) < 4.78 is 0. The molecular formula is C28H44. The first kappa shape index (κ1) is 21.7. The largest absolute Gasteiger partial charge is 0.0879 e. The van der Waals surface area contributed by atoms with Gasteiger partial charge in [0.25, 0.3) is 0 Å². The van der Waals surface area contributed by atoms with Crippen molar-refractivity contribution >= 4 is 0 Å². The molecule has 0 unspecified atom stereocenters. The quantitative estimate of drug-likeness (QED) is 0.375. The van der Waals surface area contributed by atoms with E-state index in [4.69, 9.17) is 0 Å². The topological polar surface area (TPSA) is 0 Å². The first-order chi connectivity index (χ1) is 13.8. The van der Waals surface area contributed by atoms with Crippen LogP contribution in [0.1, 0.15) is 114 Å². The van der Waals surface area contributed by atoms with Crippen LogP contribution < -0.4 is 0 Å². The van der Waals surface area contributed by atoms with Crippen molar-refractivity contribution in [1.29, 1.82) is 0 Å². The summed E-state index contributed by atoms with van der Waals surface area (Å²) in [5.74, 6) is 3.71. The van der Waals surface area contributed by atoms with Crippen molar-refractivity contribution in [2.75, 3.05) is 0 Å². The van der Waals surface area contributed by atoms with Crippen LogP contribution in [0.5, 0.6) is 0 Å². The molecule has 0 aromatic heterocycles. The summed E-state index contributed by atoms with van der Waals surface area (Å²) in [6.07, 6.45) is 24.5. The molecule has 0 spiro atoms. The number of allylic oxidation sites excluding steroid dienone is 2. The molecule has 2 fully saturated rings. The highest BCUT2D eigenvalue weighted by atomic mass is 14.3. The summed E-state index contributed by atoms with van der Waals surface area (Å²) in [6.45, 7) is 4.66. The van der Waals surface area contributed by atoms with E-state index in [2.05, 4.69) is 50.3 Å². The molecule has 0 aliphatic heterocycles. The van der Waals surface area contributed by atoms with Gasteiger partial charge in [-0.1, -0.05) is 75.9 Å². The smallest absolute Gasteiger partial charge is 0.0162 e. The molecule has 28 heavy (non-hydrogen) atoms. The lowest BCUT2D eigenvalue weighted by molar-refractivity contribution is 0.294. The fraction of sp³-hybridized carbons (Fsp3) is 0.714. The molecule has 0 saturated heterocycles. The van der Waals surface area contributed by atoms with Crippen LogP contribution in [-0.4, -0.2) is 0 Å². The Bertz CT molecular complexity index is 550. The fourth-order valence-electron chi connectivity index (χ4n) is 5.77. The van der Waals surface area contributed by atoms with E-state index in [0.717, 1.165) is 23.7 Å². The fourth-order valence-corrected chi connectivity index (χ4v) is 5.77. The second-order valence-corrected chi connectivity index (χ2v) is 9.78. The predicted molar refractivity (Wildman–Crippen MR) is 124 cm³/mol. The zero-order valence-electron chi connectivity index (χ0n) is 18.7. The Labute approximate surface area is 175 Å². The SMILES string of the molecule is CCC[C@H]1CC[C@H](/C=C/CCc2ccc([C@H]3CC[C@H](CCC)CC3)cc2)CC1. The van der Waals surface area contributed by atoms with Crippen molar-refractivity contribution in [2.24, 2.45) is 17.8 Å². The van der Waals surface area contributed by atoms with Crippen LogP contribution in [0.3, 0.4) is 0 Å². The van der Waals surface area contributed by atoms with Crippen molar-refractivity contribution in [3.63, 3.8) is 0 Å². The molecule has 2 saturated carbocycles. The summed E-state index contributed by atoms with van der Waals surface area (Å²) in [5.41, 5.74) is 3.11.